The Hall–Kier alpha value is -3.69. The molecular weight excluding hydrogens is 574 g/mol. The van der Waals surface area contributed by atoms with E-state index in [0.717, 1.165) is 22.9 Å². The first-order valence-corrected chi connectivity index (χ1v) is 13.1. The van der Waals surface area contributed by atoms with Crippen LogP contribution in [-0.4, -0.2) is 34.1 Å². The van der Waals surface area contributed by atoms with Crippen LogP contribution < -0.4 is 15.0 Å². The number of aromatic nitrogens is 2. The average molecular weight is 599 g/mol. The maximum absolute atomic E-state index is 13.4. The highest BCUT2D eigenvalue weighted by atomic mass is 79.9. The number of hydrogen-bond acceptors (Lipinski definition) is 6. The van der Waals surface area contributed by atoms with Gasteiger partial charge in [-0.2, -0.15) is 9.78 Å². The Labute approximate surface area is 232 Å². The first-order valence-electron chi connectivity index (χ1n) is 11.9. The molecule has 0 saturated carbocycles. The zero-order chi connectivity index (χ0) is 27.2. The molecule has 0 aliphatic carbocycles. The first-order chi connectivity index (χ1) is 18.3. The molecule has 0 atom stereocenters. The summed E-state index contributed by atoms with van der Waals surface area (Å²) in [6.07, 6.45) is 3.88. The maximum atomic E-state index is 13.4. The third kappa shape index (κ3) is 6.23. The Morgan fingerprint density at radius 2 is 1.95 bits per heavy atom. The number of hydrogen-bond donors (Lipinski definition) is 1. The number of halogens is 2. The number of aromatic carboxylic acids is 1. The van der Waals surface area contributed by atoms with Crippen molar-refractivity contribution in [2.24, 2.45) is 5.10 Å². The van der Waals surface area contributed by atoms with Crippen LogP contribution in [0, 0.1) is 0 Å². The fourth-order valence-electron chi connectivity index (χ4n) is 3.82. The quantitative estimate of drug-likeness (QED) is 0.214. The van der Waals surface area contributed by atoms with Gasteiger partial charge in [-0.05, 0) is 48.4 Å². The third-order valence-electron chi connectivity index (χ3n) is 5.79. The molecule has 3 aromatic carbocycles. The summed E-state index contributed by atoms with van der Waals surface area (Å²) in [7, 11) is 1.50. The van der Waals surface area contributed by atoms with Crippen molar-refractivity contribution >= 4 is 50.6 Å². The molecule has 0 saturated heterocycles. The molecule has 4 aromatic rings. The van der Waals surface area contributed by atoms with E-state index < -0.39 is 5.97 Å². The van der Waals surface area contributed by atoms with Gasteiger partial charge >= 0.3 is 5.97 Å². The van der Waals surface area contributed by atoms with Gasteiger partial charge < -0.3 is 14.6 Å². The summed E-state index contributed by atoms with van der Waals surface area (Å²) < 4.78 is 13.6. The molecule has 1 N–H and O–H groups in total. The summed E-state index contributed by atoms with van der Waals surface area (Å²) >= 11 is 9.75. The molecule has 0 aliphatic heterocycles. The number of rotatable bonds is 10. The van der Waals surface area contributed by atoms with Crippen LogP contribution in [0.3, 0.4) is 0 Å². The van der Waals surface area contributed by atoms with Crippen molar-refractivity contribution in [3.8, 4) is 11.5 Å². The van der Waals surface area contributed by atoms with Crippen molar-refractivity contribution in [3.63, 3.8) is 0 Å². The zero-order valence-electron chi connectivity index (χ0n) is 20.8. The lowest BCUT2D eigenvalue weighted by Crippen LogP contribution is -2.22. The number of aryl methyl sites for hydroxylation is 1. The minimum Gasteiger partial charge on any atom is -0.493 e. The Morgan fingerprint density at radius 3 is 2.63 bits per heavy atom. The van der Waals surface area contributed by atoms with Crippen LogP contribution in [0.4, 0.5) is 0 Å². The van der Waals surface area contributed by atoms with Crippen molar-refractivity contribution in [1.82, 2.24) is 9.66 Å². The Balaban J connectivity index is 1.74. The van der Waals surface area contributed by atoms with Crippen molar-refractivity contribution < 1.29 is 19.4 Å². The van der Waals surface area contributed by atoms with E-state index in [4.69, 9.17) is 31.2 Å². The van der Waals surface area contributed by atoms with E-state index in [1.165, 1.54) is 30.1 Å². The van der Waals surface area contributed by atoms with E-state index in [2.05, 4.69) is 28.0 Å². The lowest BCUT2D eigenvalue weighted by molar-refractivity contribution is 0.0697. The molecule has 4 rings (SSSR count). The fourth-order valence-corrected chi connectivity index (χ4v) is 4.40. The molecule has 1 heterocycles. The number of carboxylic acids is 1. The van der Waals surface area contributed by atoms with Gasteiger partial charge in [-0.3, -0.25) is 4.79 Å². The number of carboxylic acid groups (broad SMARTS) is 1. The molecule has 0 radical (unpaired) electrons. The van der Waals surface area contributed by atoms with Crippen molar-refractivity contribution in [3.05, 3.63) is 97.0 Å². The number of unbranched alkanes of at least 4 members (excludes halogenated alkanes) is 1. The molecule has 0 aliphatic rings. The number of nitrogens with zero attached hydrogens (tertiary/aromatic N) is 3. The van der Waals surface area contributed by atoms with Crippen LogP contribution in [-0.2, 0) is 13.0 Å². The van der Waals surface area contributed by atoms with Gasteiger partial charge in [-0.15, -0.1) is 0 Å². The fraction of sp³-hybridized carbons (Fsp3) is 0.214. The Kier molecular flexibility index (Phi) is 8.81. The molecule has 0 spiro atoms. The average Bonchev–Trinajstić information content (AvgIpc) is 2.91. The largest absolute Gasteiger partial charge is 0.493 e. The Morgan fingerprint density at radius 1 is 1.18 bits per heavy atom. The first kappa shape index (κ1) is 27.3. The topological polar surface area (TPSA) is 103 Å². The SMILES string of the molecule is CCCCc1nc2ccc(Br)cc2c(=O)n1N=Cc1cc(Cl)cc(OC)c1OCc1ccc(C(=O)O)cc1. The minimum atomic E-state index is -1.00. The highest BCUT2D eigenvalue weighted by Crippen LogP contribution is 2.34. The minimum absolute atomic E-state index is 0.145. The summed E-state index contributed by atoms with van der Waals surface area (Å²) in [5, 5.41) is 14.5. The van der Waals surface area contributed by atoms with Crippen molar-refractivity contribution in [2.75, 3.05) is 7.11 Å². The molecule has 10 heteroatoms. The molecule has 1 aromatic heterocycles. The molecule has 8 nitrogen and oxygen atoms in total. The molecule has 0 unspecified atom stereocenters. The van der Waals surface area contributed by atoms with Crippen LogP contribution in [0.15, 0.2) is 69.0 Å². The van der Waals surface area contributed by atoms with Gasteiger partial charge in [0.25, 0.3) is 5.56 Å². The predicted molar refractivity (Wildman–Crippen MR) is 151 cm³/mol. The van der Waals surface area contributed by atoms with Crippen LogP contribution in [0.25, 0.3) is 10.9 Å². The van der Waals surface area contributed by atoms with Gasteiger partial charge in [0.1, 0.15) is 12.4 Å². The monoisotopic (exact) mass is 597 g/mol. The summed E-state index contributed by atoms with van der Waals surface area (Å²) in [6.45, 7) is 2.22. The lowest BCUT2D eigenvalue weighted by Gasteiger charge is -2.14. The smallest absolute Gasteiger partial charge is 0.335 e. The van der Waals surface area contributed by atoms with Crippen LogP contribution in [0.5, 0.6) is 11.5 Å². The summed E-state index contributed by atoms with van der Waals surface area (Å²) in [4.78, 5) is 29.2. The number of ether oxygens (including phenoxy) is 2. The second kappa shape index (κ2) is 12.2. The standard InChI is InChI=1S/C28H25BrClN3O5/c1-3-4-5-25-32-23-11-10-20(29)13-22(23)27(34)33(25)31-15-19-12-21(30)14-24(37-2)26(19)38-16-17-6-8-18(9-7-17)28(35)36/h6-15H,3-5,16H2,1-2H3,(H,35,36). The highest BCUT2D eigenvalue weighted by molar-refractivity contribution is 9.10. The second-order valence-electron chi connectivity index (χ2n) is 8.47. The van der Waals surface area contributed by atoms with Crippen LogP contribution in [0.2, 0.25) is 5.02 Å². The normalized spacial score (nSPS) is 11.3. The van der Waals surface area contributed by atoms with Gasteiger partial charge in [0.05, 0.1) is 29.8 Å². The van der Waals surface area contributed by atoms with Gasteiger partial charge in [0.2, 0.25) is 0 Å². The van der Waals surface area contributed by atoms with Crippen LogP contribution >= 0.6 is 27.5 Å². The van der Waals surface area contributed by atoms with E-state index in [-0.39, 0.29) is 17.7 Å². The van der Waals surface area contributed by atoms with Crippen LogP contribution in [0.1, 0.15) is 47.1 Å². The van der Waals surface area contributed by atoms with E-state index in [0.29, 0.717) is 45.2 Å². The van der Waals surface area contributed by atoms with Gasteiger partial charge in [-0.1, -0.05) is 53.0 Å². The van der Waals surface area contributed by atoms with Crippen molar-refractivity contribution in [1.29, 1.82) is 0 Å². The molecule has 0 bridgehead atoms. The maximum Gasteiger partial charge on any atom is 0.335 e. The third-order valence-corrected chi connectivity index (χ3v) is 6.51. The number of fused-ring (bicyclic) bond motifs is 1. The zero-order valence-corrected chi connectivity index (χ0v) is 23.1. The van der Waals surface area contributed by atoms with Crippen molar-refractivity contribution in [2.45, 2.75) is 32.8 Å². The van der Waals surface area contributed by atoms with E-state index in [9.17, 15) is 9.59 Å². The highest BCUT2D eigenvalue weighted by Gasteiger charge is 2.15. The lowest BCUT2D eigenvalue weighted by atomic mass is 10.1. The summed E-state index contributed by atoms with van der Waals surface area (Å²) in [5.74, 6) is 0.320. The number of benzene rings is 3. The van der Waals surface area contributed by atoms with E-state index in [1.807, 2.05) is 6.07 Å². The molecule has 0 fully saturated rings. The van der Waals surface area contributed by atoms with Gasteiger partial charge in [-0.25, -0.2) is 9.78 Å². The Bertz CT molecular complexity index is 1570. The number of carbonyl (C=O) groups is 1. The molecule has 0 amide bonds. The van der Waals surface area contributed by atoms with Gasteiger partial charge in [0.15, 0.2) is 11.5 Å². The second-order valence-corrected chi connectivity index (χ2v) is 9.82. The van der Waals surface area contributed by atoms with E-state index in [1.54, 1.807) is 36.4 Å². The summed E-state index contributed by atoms with van der Waals surface area (Å²) in [5.41, 5.74) is 1.77. The summed E-state index contributed by atoms with van der Waals surface area (Å²) in [6, 6.07) is 15.1. The predicted octanol–water partition coefficient (Wildman–Crippen LogP) is 6.32. The van der Waals surface area contributed by atoms with Gasteiger partial charge in [0, 0.05) is 27.5 Å². The molecular formula is C28H25BrClN3O5. The molecule has 196 valence electrons. The molecule has 38 heavy (non-hydrogen) atoms. The number of methoxy groups -OCH3 is 1. The van der Waals surface area contributed by atoms with E-state index >= 15 is 0 Å².